The summed E-state index contributed by atoms with van der Waals surface area (Å²) < 4.78 is 48.9. The van der Waals surface area contributed by atoms with E-state index >= 15 is 0 Å². The molecule has 14 nitrogen and oxygen atoms in total. The Balaban J connectivity index is 1.06. The third kappa shape index (κ3) is 7.63. The highest BCUT2D eigenvalue weighted by atomic mass is 31.2. The van der Waals surface area contributed by atoms with Gasteiger partial charge in [0.1, 0.15) is 34.9 Å². The summed E-state index contributed by atoms with van der Waals surface area (Å²) in [6, 6.07) is 13.1. The number of nitriles is 2. The Kier molecular flexibility index (Phi) is 10.5. The van der Waals surface area contributed by atoms with Crippen molar-refractivity contribution in [3.63, 3.8) is 0 Å². The van der Waals surface area contributed by atoms with Gasteiger partial charge in [0.2, 0.25) is 11.8 Å². The number of amides is 2. The number of likely N-dealkylation sites (tertiary alicyclic amines) is 2. The third-order valence-electron chi connectivity index (χ3n) is 9.75. The highest BCUT2D eigenvalue weighted by Gasteiger charge is 2.52. The minimum absolute atomic E-state index is 0.0151. The molecule has 0 saturated carbocycles. The predicted molar refractivity (Wildman–Crippen MR) is 180 cm³/mol. The van der Waals surface area contributed by atoms with Gasteiger partial charge in [0.15, 0.2) is 0 Å². The number of fused-ring (bicyclic) bond motifs is 2. The van der Waals surface area contributed by atoms with Gasteiger partial charge in [-0.2, -0.15) is 10.5 Å². The van der Waals surface area contributed by atoms with Crippen molar-refractivity contribution in [1.29, 1.82) is 10.5 Å². The molecule has 1 N–H and O–H groups in total. The monoisotopic (exact) mass is 722 g/mol. The fourth-order valence-corrected chi connectivity index (χ4v) is 8.46. The Labute approximate surface area is 297 Å². The van der Waals surface area contributed by atoms with Crippen LogP contribution in [0.4, 0.5) is 0 Å². The van der Waals surface area contributed by atoms with Crippen LogP contribution in [0.2, 0.25) is 0 Å². The Morgan fingerprint density at radius 1 is 0.804 bits per heavy atom. The summed E-state index contributed by atoms with van der Waals surface area (Å²) in [5.74, 6) is 0.957. The first kappa shape index (κ1) is 36.8. The molecule has 5 atom stereocenters. The van der Waals surface area contributed by atoms with Crippen LogP contribution < -0.4 is 9.47 Å². The van der Waals surface area contributed by atoms with Gasteiger partial charge in [-0.1, -0.05) is 0 Å². The molecule has 2 aromatic carbocycles. The van der Waals surface area contributed by atoms with Crippen LogP contribution in [0.5, 0.6) is 11.5 Å². The largest absolute Gasteiger partial charge is 0.485 e. The summed E-state index contributed by atoms with van der Waals surface area (Å²) in [5, 5.41) is 19.1. The van der Waals surface area contributed by atoms with Gasteiger partial charge in [-0.25, -0.2) is 4.57 Å². The minimum atomic E-state index is -4.70. The lowest BCUT2D eigenvalue weighted by molar-refractivity contribution is -0.151. The van der Waals surface area contributed by atoms with E-state index in [9.17, 15) is 29.6 Å². The molecule has 5 unspecified atom stereocenters. The van der Waals surface area contributed by atoms with E-state index in [4.69, 9.17) is 28.0 Å². The first-order chi connectivity index (χ1) is 24.2. The van der Waals surface area contributed by atoms with Crippen LogP contribution in [-0.4, -0.2) is 89.4 Å². The molecule has 0 radical (unpaired) electrons. The topological polar surface area (TPSA) is 181 Å². The molecule has 0 bridgehead atoms. The van der Waals surface area contributed by atoms with E-state index in [1.54, 1.807) is 60.0 Å². The number of nitrogens with zero attached hydrogens (tertiary/aromatic N) is 4. The summed E-state index contributed by atoms with van der Waals surface area (Å²) >= 11 is 0. The van der Waals surface area contributed by atoms with Gasteiger partial charge >= 0.3 is 7.82 Å². The number of hydrogen-bond donors (Lipinski definition) is 1. The van der Waals surface area contributed by atoms with Crippen LogP contribution in [-0.2, 0) is 32.7 Å². The molecule has 2 saturated heterocycles. The maximum absolute atomic E-state index is 13.3. The molecule has 272 valence electrons. The number of phosphoric ester groups is 1. The van der Waals surface area contributed by atoms with Crippen LogP contribution in [0.1, 0.15) is 87.7 Å². The fourth-order valence-electron chi connectivity index (χ4n) is 7.44. The van der Waals surface area contributed by atoms with Crippen molar-refractivity contribution in [3.8, 4) is 23.6 Å². The van der Waals surface area contributed by atoms with Crippen LogP contribution in [0, 0.1) is 22.7 Å². The van der Waals surface area contributed by atoms with E-state index in [0.717, 1.165) is 12.0 Å². The number of ether oxygens (including phenoxy) is 4. The van der Waals surface area contributed by atoms with Crippen LogP contribution in [0.3, 0.4) is 0 Å². The fraction of sp³-hybridized carbons (Fsp3) is 0.556. The first-order valence-corrected chi connectivity index (χ1v) is 18.6. The number of phosphoric acid groups is 1. The molecule has 4 heterocycles. The summed E-state index contributed by atoms with van der Waals surface area (Å²) in [6.07, 6.45) is 0.467. The average molecular weight is 723 g/mol. The minimum Gasteiger partial charge on any atom is -0.485 e. The van der Waals surface area contributed by atoms with Crippen LogP contribution >= 0.6 is 7.82 Å². The highest BCUT2D eigenvalue weighted by Crippen LogP contribution is 2.54. The molecule has 15 heteroatoms. The van der Waals surface area contributed by atoms with Gasteiger partial charge in [-0.05, 0) is 76.9 Å². The maximum atomic E-state index is 13.3. The van der Waals surface area contributed by atoms with Gasteiger partial charge in [0.05, 0.1) is 61.8 Å². The lowest BCUT2D eigenvalue weighted by Gasteiger charge is -2.47. The molecule has 4 aliphatic rings. The lowest BCUT2D eigenvalue weighted by atomic mass is 9.84. The van der Waals surface area contributed by atoms with Crippen LogP contribution in [0.15, 0.2) is 36.4 Å². The quantitative estimate of drug-likeness (QED) is 0.236. The molecule has 2 aromatic rings. The lowest BCUT2D eigenvalue weighted by Crippen LogP contribution is -2.55. The van der Waals surface area contributed by atoms with Crippen molar-refractivity contribution in [2.45, 2.75) is 88.9 Å². The Hall–Kier alpha value is -4.01. The van der Waals surface area contributed by atoms with Gasteiger partial charge in [0.25, 0.3) is 0 Å². The molecule has 0 spiro atoms. The van der Waals surface area contributed by atoms with E-state index in [1.165, 1.54) is 0 Å². The first-order valence-electron chi connectivity index (χ1n) is 17.1. The summed E-state index contributed by atoms with van der Waals surface area (Å²) in [7, 11) is -4.70. The van der Waals surface area contributed by atoms with Crippen molar-refractivity contribution >= 4 is 19.6 Å². The molecule has 0 aromatic heterocycles. The van der Waals surface area contributed by atoms with Crippen molar-refractivity contribution in [3.05, 3.63) is 58.7 Å². The van der Waals surface area contributed by atoms with Gasteiger partial charge in [-0.3, -0.25) is 18.6 Å². The van der Waals surface area contributed by atoms with E-state index < -0.39 is 43.3 Å². The molecule has 6 rings (SSSR count). The van der Waals surface area contributed by atoms with E-state index in [2.05, 4.69) is 12.1 Å². The van der Waals surface area contributed by atoms with Crippen LogP contribution in [0.25, 0.3) is 0 Å². The Morgan fingerprint density at radius 2 is 1.29 bits per heavy atom. The zero-order valence-corrected chi connectivity index (χ0v) is 30.1. The number of carbonyl (C=O) groups excluding carboxylic acids is 2. The molecular formula is C36H43N4O10P. The standard InChI is InChI=1S/C36H43N4O10P/c1-35(2)33(31(39-13-5-7-29(39)41)25-19-23(21-37)9-11-27(25)48-35)46-17-15-45-16-18-47-51(43,44)50-34-32(40-14-6-8-30(40)42)26-20-24(22-38)10-12-28(26)49-36(34,3)4/h9-12,19-20,31-34H,5-8,13-18H2,1-4H3,(H,43,44). The zero-order valence-electron chi connectivity index (χ0n) is 29.2. The maximum Gasteiger partial charge on any atom is 0.472 e. The molecule has 0 aliphatic carbocycles. The van der Waals surface area contributed by atoms with E-state index in [0.29, 0.717) is 60.5 Å². The molecule has 2 amide bonds. The second-order valence-electron chi connectivity index (χ2n) is 14.1. The summed E-state index contributed by atoms with van der Waals surface area (Å²) in [4.78, 5) is 40.1. The Bertz CT molecular complexity index is 1800. The normalized spacial score (nSPS) is 25.9. The van der Waals surface area contributed by atoms with E-state index in [-0.39, 0.29) is 38.2 Å². The van der Waals surface area contributed by atoms with E-state index in [1.807, 2.05) is 13.8 Å². The number of benzene rings is 2. The second kappa shape index (κ2) is 14.5. The SMILES string of the molecule is CC1(C)Oc2ccc(C#N)cc2C(N2CCCC2=O)C1OCCOCCOP(=O)(O)OC1C(N2CCCC2=O)c2cc(C#N)ccc2OC1(C)C. The molecule has 4 aliphatic heterocycles. The van der Waals surface area contributed by atoms with Gasteiger partial charge < -0.3 is 33.6 Å². The molecule has 51 heavy (non-hydrogen) atoms. The van der Waals surface area contributed by atoms with Gasteiger partial charge in [-0.15, -0.1) is 0 Å². The van der Waals surface area contributed by atoms with Crippen molar-refractivity contribution in [2.75, 3.05) is 39.5 Å². The number of rotatable bonds is 12. The smallest absolute Gasteiger partial charge is 0.472 e. The Morgan fingerprint density at radius 3 is 1.78 bits per heavy atom. The highest BCUT2D eigenvalue weighted by molar-refractivity contribution is 7.47. The predicted octanol–water partition coefficient (Wildman–Crippen LogP) is 4.70. The molecule has 2 fully saturated rings. The second-order valence-corrected chi connectivity index (χ2v) is 15.5. The third-order valence-corrected chi connectivity index (χ3v) is 10.8. The van der Waals surface area contributed by atoms with Crippen molar-refractivity contribution in [1.82, 2.24) is 9.80 Å². The summed E-state index contributed by atoms with van der Waals surface area (Å²) in [5.41, 5.74) is 0.0963. The summed E-state index contributed by atoms with van der Waals surface area (Å²) in [6.45, 7) is 8.09. The van der Waals surface area contributed by atoms with Gasteiger partial charge in [0, 0.05) is 37.1 Å². The number of hydrogen-bond acceptors (Lipinski definition) is 11. The van der Waals surface area contributed by atoms with Crippen molar-refractivity contribution in [2.24, 2.45) is 0 Å². The molecular weight excluding hydrogens is 679 g/mol. The zero-order chi connectivity index (χ0) is 36.6. The van der Waals surface area contributed by atoms with Crippen molar-refractivity contribution < 1.29 is 47.0 Å². The number of carbonyl (C=O) groups is 2. The average Bonchev–Trinajstić information content (AvgIpc) is 3.70.